The van der Waals surface area contributed by atoms with Crippen LogP contribution in [0.4, 0.5) is 0 Å². The van der Waals surface area contributed by atoms with Crippen molar-refractivity contribution in [2.45, 2.75) is 13.0 Å². The SMILES string of the molecule is CC(Oc1cccc(Br)c1)C(=O)NNC(=O)c1ccc(Oc2cccnc2)cc1. The third kappa shape index (κ3) is 6.05. The number of aromatic nitrogens is 1. The number of pyridine rings is 1. The topological polar surface area (TPSA) is 89.6 Å². The second-order valence-electron chi connectivity index (χ2n) is 5.98. The van der Waals surface area contributed by atoms with E-state index < -0.39 is 17.9 Å². The number of rotatable bonds is 6. The van der Waals surface area contributed by atoms with Crippen LogP contribution in [0, 0.1) is 0 Å². The zero-order chi connectivity index (χ0) is 20.6. The maximum absolute atomic E-state index is 12.2. The summed E-state index contributed by atoms with van der Waals surface area (Å²) in [4.78, 5) is 28.3. The van der Waals surface area contributed by atoms with E-state index in [0.717, 1.165) is 4.47 Å². The predicted octanol–water partition coefficient (Wildman–Crippen LogP) is 3.86. The lowest BCUT2D eigenvalue weighted by Crippen LogP contribution is -2.47. The van der Waals surface area contributed by atoms with Crippen molar-refractivity contribution in [1.82, 2.24) is 15.8 Å². The minimum Gasteiger partial charge on any atom is -0.481 e. The van der Waals surface area contributed by atoms with Crippen molar-refractivity contribution in [3.63, 3.8) is 0 Å². The van der Waals surface area contributed by atoms with E-state index in [1.165, 1.54) is 0 Å². The van der Waals surface area contributed by atoms with Gasteiger partial charge in [-0.05, 0) is 61.5 Å². The normalized spacial score (nSPS) is 11.2. The number of nitrogens with one attached hydrogen (secondary N) is 2. The lowest BCUT2D eigenvalue weighted by atomic mass is 10.2. The highest BCUT2D eigenvalue weighted by Gasteiger charge is 2.16. The molecule has 1 aromatic heterocycles. The molecule has 0 bridgehead atoms. The summed E-state index contributed by atoms with van der Waals surface area (Å²) in [5.74, 6) is 0.763. The first kappa shape index (κ1) is 20.3. The molecule has 3 aromatic rings. The smallest absolute Gasteiger partial charge is 0.279 e. The van der Waals surface area contributed by atoms with Crippen molar-refractivity contribution < 1.29 is 19.1 Å². The molecule has 2 amide bonds. The summed E-state index contributed by atoms with van der Waals surface area (Å²) in [5, 5.41) is 0. The average Bonchev–Trinajstić information content (AvgIpc) is 2.73. The standard InChI is InChI=1S/C21H18BrN3O4/c1-14(28-18-5-2-4-16(22)12-18)20(26)24-25-21(27)15-7-9-17(10-8-15)29-19-6-3-11-23-13-19/h2-14H,1H3,(H,24,26)(H,25,27). The molecule has 29 heavy (non-hydrogen) atoms. The van der Waals surface area contributed by atoms with Gasteiger partial charge in [0.1, 0.15) is 17.2 Å². The van der Waals surface area contributed by atoms with Gasteiger partial charge < -0.3 is 9.47 Å². The van der Waals surface area contributed by atoms with Crippen LogP contribution in [0.1, 0.15) is 17.3 Å². The second-order valence-corrected chi connectivity index (χ2v) is 6.89. The zero-order valence-electron chi connectivity index (χ0n) is 15.5. The summed E-state index contributed by atoms with van der Waals surface area (Å²) in [6.45, 7) is 1.59. The van der Waals surface area contributed by atoms with Crippen LogP contribution >= 0.6 is 15.9 Å². The van der Waals surface area contributed by atoms with E-state index >= 15 is 0 Å². The molecule has 0 aliphatic rings. The molecule has 2 N–H and O–H groups in total. The molecule has 1 atom stereocenters. The molecule has 1 heterocycles. The van der Waals surface area contributed by atoms with E-state index in [1.54, 1.807) is 73.9 Å². The van der Waals surface area contributed by atoms with Crippen molar-refractivity contribution in [3.05, 3.63) is 83.1 Å². The van der Waals surface area contributed by atoms with Crippen LogP contribution in [0.25, 0.3) is 0 Å². The van der Waals surface area contributed by atoms with E-state index in [1.807, 2.05) is 6.07 Å². The van der Waals surface area contributed by atoms with E-state index in [9.17, 15) is 9.59 Å². The molecule has 0 aliphatic heterocycles. The highest BCUT2D eigenvalue weighted by atomic mass is 79.9. The van der Waals surface area contributed by atoms with Gasteiger partial charge >= 0.3 is 0 Å². The predicted molar refractivity (Wildman–Crippen MR) is 111 cm³/mol. The Morgan fingerprint density at radius 3 is 2.41 bits per heavy atom. The molecule has 0 radical (unpaired) electrons. The fourth-order valence-electron chi connectivity index (χ4n) is 2.31. The Morgan fingerprint density at radius 2 is 1.72 bits per heavy atom. The number of carbonyl (C=O) groups is 2. The highest BCUT2D eigenvalue weighted by Crippen LogP contribution is 2.20. The summed E-state index contributed by atoms with van der Waals surface area (Å²) in [5.41, 5.74) is 5.09. The van der Waals surface area contributed by atoms with Crippen LogP contribution in [-0.2, 0) is 4.79 Å². The Kier molecular flexibility index (Phi) is 6.80. The first-order valence-corrected chi connectivity index (χ1v) is 9.51. The minimum absolute atomic E-state index is 0.365. The number of hydrogen-bond donors (Lipinski definition) is 2. The van der Waals surface area contributed by atoms with Gasteiger partial charge in [-0.15, -0.1) is 0 Å². The van der Waals surface area contributed by atoms with Crippen molar-refractivity contribution in [3.8, 4) is 17.2 Å². The Bertz CT molecular complexity index is 981. The van der Waals surface area contributed by atoms with Crippen LogP contribution in [0.15, 0.2) is 77.5 Å². The molecule has 1 unspecified atom stereocenters. The van der Waals surface area contributed by atoms with Gasteiger partial charge in [0.05, 0.1) is 6.20 Å². The summed E-state index contributed by atoms with van der Waals surface area (Å²) in [6, 6.07) is 17.2. The van der Waals surface area contributed by atoms with Gasteiger partial charge in [-0.25, -0.2) is 0 Å². The van der Waals surface area contributed by atoms with E-state index in [0.29, 0.717) is 22.8 Å². The maximum Gasteiger partial charge on any atom is 0.279 e. The third-order valence-corrected chi connectivity index (χ3v) is 4.26. The van der Waals surface area contributed by atoms with Crippen LogP contribution in [0.5, 0.6) is 17.2 Å². The molecule has 2 aromatic carbocycles. The number of ether oxygens (including phenoxy) is 2. The highest BCUT2D eigenvalue weighted by molar-refractivity contribution is 9.10. The number of carbonyl (C=O) groups excluding carboxylic acids is 2. The number of halogens is 1. The lowest BCUT2D eigenvalue weighted by Gasteiger charge is -2.15. The van der Waals surface area contributed by atoms with Gasteiger partial charge in [0, 0.05) is 16.2 Å². The Hall–Kier alpha value is -3.39. The average molecular weight is 456 g/mol. The summed E-state index contributed by atoms with van der Waals surface area (Å²) < 4.78 is 12.0. The monoisotopic (exact) mass is 455 g/mol. The maximum atomic E-state index is 12.2. The largest absolute Gasteiger partial charge is 0.481 e. The molecule has 7 nitrogen and oxygen atoms in total. The van der Waals surface area contributed by atoms with E-state index in [4.69, 9.17) is 9.47 Å². The van der Waals surface area contributed by atoms with Gasteiger partial charge in [-0.1, -0.05) is 22.0 Å². The number of benzene rings is 2. The first-order chi connectivity index (χ1) is 14.0. The number of amides is 2. The van der Waals surface area contributed by atoms with Crippen molar-refractivity contribution in [2.24, 2.45) is 0 Å². The van der Waals surface area contributed by atoms with Crippen molar-refractivity contribution >= 4 is 27.7 Å². The molecule has 0 spiro atoms. The van der Waals surface area contributed by atoms with Crippen molar-refractivity contribution in [2.75, 3.05) is 0 Å². The number of hydrogen-bond acceptors (Lipinski definition) is 5. The summed E-state index contributed by atoms with van der Waals surface area (Å²) in [7, 11) is 0. The van der Waals surface area contributed by atoms with Crippen molar-refractivity contribution in [1.29, 1.82) is 0 Å². The first-order valence-electron chi connectivity index (χ1n) is 8.71. The quantitative estimate of drug-likeness (QED) is 0.550. The Labute approximate surface area is 176 Å². The van der Waals surface area contributed by atoms with Gasteiger partial charge in [0.2, 0.25) is 0 Å². The van der Waals surface area contributed by atoms with Gasteiger partial charge in [-0.3, -0.25) is 25.4 Å². The molecule has 8 heteroatoms. The van der Waals surface area contributed by atoms with E-state index in [2.05, 4.69) is 31.8 Å². The van der Waals surface area contributed by atoms with Crippen LogP contribution < -0.4 is 20.3 Å². The summed E-state index contributed by atoms with van der Waals surface area (Å²) >= 11 is 3.34. The fraction of sp³-hybridized carbons (Fsp3) is 0.0952. The molecular weight excluding hydrogens is 438 g/mol. The Morgan fingerprint density at radius 1 is 0.966 bits per heavy atom. The van der Waals surface area contributed by atoms with Gasteiger partial charge in [0.15, 0.2) is 6.10 Å². The van der Waals surface area contributed by atoms with Gasteiger partial charge in [-0.2, -0.15) is 0 Å². The minimum atomic E-state index is -0.792. The van der Waals surface area contributed by atoms with Crippen LogP contribution in [-0.4, -0.2) is 22.9 Å². The molecule has 0 saturated heterocycles. The number of hydrazine groups is 1. The fourth-order valence-corrected chi connectivity index (χ4v) is 2.69. The zero-order valence-corrected chi connectivity index (χ0v) is 17.0. The van der Waals surface area contributed by atoms with Crippen LogP contribution in [0.3, 0.4) is 0 Å². The van der Waals surface area contributed by atoms with Crippen LogP contribution in [0.2, 0.25) is 0 Å². The molecule has 148 valence electrons. The lowest BCUT2D eigenvalue weighted by molar-refractivity contribution is -0.128. The second kappa shape index (κ2) is 9.70. The molecule has 0 saturated carbocycles. The van der Waals surface area contributed by atoms with E-state index in [-0.39, 0.29) is 0 Å². The molecular formula is C21H18BrN3O4. The Balaban J connectivity index is 1.50. The molecule has 3 rings (SSSR count). The molecule has 0 fully saturated rings. The number of nitrogens with zero attached hydrogens (tertiary/aromatic N) is 1. The molecule has 0 aliphatic carbocycles. The summed E-state index contributed by atoms with van der Waals surface area (Å²) in [6.07, 6.45) is 2.45. The third-order valence-electron chi connectivity index (χ3n) is 3.76. The van der Waals surface area contributed by atoms with Gasteiger partial charge in [0.25, 0.3) is 11.8 Å².